The second-order valence-corrected chi connectivity index (χ2v) is 9.05. The van der Waals surface area contributed by atoms with Crippen molar-refractivity contribution in [3.63, 3.8) is 0 Å². The van der Waals surface area contributed by atoms with E-state index in [-0.39, 0.29) is 28.1 Å². The maximum absolute atomic E-state index is 12.5. The van der Waals surface area contributed by atoms with Crippen LogP contribution in [-0.2, 0) is 22.1 Å². The maximum atomic E-state index is 12.5. The first kappa shape index (κ1) is 19.4. The lowest BCUT2D eigenvalue weighted by Gasteiger charge is -2.04. The zero-order valence-electron chi connectivity index (χ0n) is 14.6. The second kappa shape index (κ2) is 8.10. The van der Waals surface area contributed by atoms with Crippen LogP contribution in [-0.4, -0.2) is 14.3 Å². The number of carbonyl (C=O) groups is 1. The Balaban J connectivity index is 1.64. The highest BCUT2D eigenvalue weighted by Gasteiger charge is 2.19. The molecule has 1 aromatic heterocycles. The van der Waals surface area contributed by atoms with E-state index in [1.807, 2.05) is 31.2 Å². The molecule has 0 aliphatic heterocycles. The molecule has 0 spiro atoms. The van der Waals surface area contributed by atoms with E-state index in [1.54, 1.807) is 12.1 Å². The summed E-state index contributed by atoms with van der Waals surface area (Å²) in [6.07, 6.45) is 0. The molecule has 7 heteroatoms. The summed E-state index contributed by atoms with van der Waals surface area (Å²) in [4.78, 5) is 12.4. The Labute approximate surface area is 166 Å². The molecule has 1 N–H and O–H groups in total. The van der Waals surface area contributed by atoms with Gasteiger partial charge in [-0.05, 0) is 48.9 Å². The number of benzene rings is 2. The van der Waals surface area contributed by atoms with Crippen molar-refractivity contribution in [1.82, 2.24) is 5.32 Å². The first-order valence-corrected chi connectivity index (χ1v) is 10.7. The third kappa shape index (κ3) is 5.08. The Morgan fingerprint density at radius 3 is 2.33 bits per heavy atom. The van der Waals surface area contributed by atoms with Crippen LogP contribution in [0.25, 0.3) is 0 Å². The minimum Gasteiger partial charge on any atom is -0.455 e. The van der Waals surface area contributed by atoms with Crippen LogP contribution in [0.3, 0.4) is 0 Å². The molecule has 2 aromatic carbocycles. The van der Waals surface area contributed by atoms with Crippen LogP contribution in [0.1, 0.15) is 27.4 Å². The fourth-order valence-electron chi connectivity index (χ4n) is 2.47. The van der Waals surface area contributed by atoms with Crippen molar-refractivity contribution in [2.75, 3.05) is 0 Å². The summed E-state index contributed by atoms with van der Waals surface area (Å²) in [6, 6.07) is 17.2. The summed E-state index contributed by atoms with van der Waals surface area (Å²) < 4.78 is 31.1. The molecule has 0 bridgehead atoms. The Morgan fingerprint density at radius 1 is 1.00 bits per heavy atom. The highest BCUT2D eigenvalue weighted by Crippen LogP contribution is 2.20. The molecule has 0 saturated heterocycles. The quantitative estimate of drug-likeness (QED) is 0.612. The van der Waals surface area contributed by atoms with Crippen LogP contribution >= 0.6 is 15.9 Å². The highest BCUT2D eigenvalue weighted by molar-refractivity contribution is 9.10. The Kier molecular flexibility index (Phi) is 5.82. The van der Waals surface area contributed by atoms with E-state index in [0.29, 0.717) is 6.54 Å². The second-order valence-electron chi connectivity index (χ2n) is 6.15. The van der Waals surface area contributed by atoms with Crippen LogP contribution < -0.4 is 5.32 Å². The van der Waals surface area contributed by atoms with Gasteiger partial charge in [0.2, 0.25) is 0 Å². The van der Waals surface area contributed by atoms with Crippen molar-refractivity contribution in [3.8, 4) is 0 Å². The van der Waals surface area contributed by atoms with Gasteiger partial charge >= 0.3 is 0 Å². The van der Waals surface area contributed by atoms with E-state index < -0.39 is 9.84 Å². The number of nitrogens with one attached hydrogen (secondary N) is 1. The molecule has 0 radical (unpaired) electrons. The van der Waals surface area contributed by atoms with Gasteiger partial charge in [0, 0.05) is 11.0 Å². The van der Waals surface area contributed by atoms with Crippen LogP contribution in [0, 0.1) is 6.92 Å². The first-order valence-electron chi connectivity index (χ1n) is 8.24. The monoisotopic (exact) mass is 447 g/mol. The first-order chi connectivity index (χ1) is 12.8. The van der Waals surface area contributed by atoms with E-state index in [2.05, 4.69) is 21.2 Å². The maximum Gasteiger partial charge on any atom is 0.287 e. The number of aryl methyl sites for hydroxylation is 1. The van der Waals surface area contributed by atoms with Crippen LogP contribution in [0.15, 0.2) is 74.4 Å². The average Bonchev–Trinajstić information content (AvgIpc) is 3.09. The normalized spacial score (nSPS) is 11.3. The molecular formula is C20H18BrNO4S. The van der Waals surface area contributed by atoms with E-state index in [4.69, 9.17) is 4.42 Å². The van der Waals surface area contributed by atoms with Gasteiger partial charge in [-0.2, -0.15) is 0 Å². The molecular weight excluding hydrogens is 430 g/mol. The minimum atomic E-state index is -3.55. The average molecular weight is 448 g/mol. The lowest BCUT2D eigenvalue weighted by Crippen LogP contribution is -2.22. The molecule has 5 nitrogen and oxygen atoms in total. The Hall–Kier alpha value is -2.38. The van der Waals surface area contributed by atoms with Crippen molar-refractivity contribution in [2.45, 2.75) is 24.1 Å². The van der Waals surface area contributed by atoms with E-state index in [1.165, 1.54) is 24.3 Å². The van der Waals surface area contributed by atoms with Crippen LogP contribution in [0.2, 0.25) is 0 Å². The molecule has 0 aliphatic rings. The zero-order chi connectivity index (χ0) is 19.4. The van der Waals surface area contributed by atoms with Crippen molar-refractivity contribution in [2.24, 2.45) is 0 Å². The molecule has 1 heterocycles. The standard InChI is InChI=1S/C20H18BrNO4S/c1-14-2-4-15(5-3-14)12-22-20(23)19-11-8-17(26-19)13-27(24,25)18-9-6-16(21)7-10-18/h2-11H,12-13H2,1H3,(H,22,23). The summed E-state index contributed by atoms with van der Waals surface area (Å²) in [5.74, 6) is -0.385. The molecule has 27 heavy (non-hydrogen) atoms. The fraction of sp³-hybridized carbons (Fsp3) is 0.150. The van der Waals surface area contributed by atoms with Gasteiger partial charge in [0.15, 0.2) is 15.6 Å². The SMILES string of the molecule is Cc1ccc(CNC(=O)c2ccc(CS(=O)(=O)c3ccc(Br)cc3)o2)cc1. The molecule has 0 aliphatic carbocycles. The number of sulfone groups is 1. The summed E-state index contributed by atoms with van der Waals surface area (Å²) >= 11 is 3.28. The predicted octanol–water partition coefficient (Wildman–Crippen LogP) is 4.25. The van der Waals surface area contributed by atoms with E-state index in [9.17, 15) is 13.2 Å². The van der Waals surface area contributed by atoms with Crippen LogP contribution in [0.4, 0.5) is 0 Å². The summed E-state index contributed by atoms with van der Waals surface area (Å²) in [5.41, 5.74) is 2.12. The van der Waals surface area contributed by atoms with Gasteiger partial charge in [-0.15, -0.1) is 0 Å². The molecule has 3 aromatic rings. The number of hydrogen-bond donors (Lipinski definition) is 1. The highest BCUT2D eigenvalue weighted by atomic mass is 79.9. The fourth-order valence-corrected chi connectivity index (χ4v) is 3.98. The molecule has 0 saturated carbocycles. The number of carbonyl (C=O) groups excluding carboxylic acids is 1. The predicted molar refractivity (Wildman–Crippen MR) is 106 cm³/mol. The molecule has 0 fully saturated rings. The minimum absolute atomic E-state index is 0.0862. The summed E-state index contributed by atoms with van der Waals surface area (Å²) in [7, 11) is -3.55. The topological polar surface area (TPSA) is 76.4 Å². The molecule has 0 atom stereocenters. The zero-order valence-corrected chi connectivity index (χ0v) is 17.0. The van der Waals surface area contributed by atoms with Gasteiger partial charge in [-0.25, -0.2) is 8.42 Å². The largest absolute Gasteiger partial charge is 0.455 e. The molecule has 0 unspecified atom stereocenters. The Bertz CT molecular complexity index is 1040. The van der Waals surface area contributed by atoms with Gasteiger partial charge in [0.1, 0.15) is 11.5 Å². The summed E-state index contributed by atoms with van der Waals surface area (Å²) in [5, 5.41) is 2.76. The number of furan rings is 1. The summed E-state index contributed by atoms with van der Waals surface area (Å²) in [6.45, 7) is 2.36. The lowest BCUT2D eigenvalue weighted by atomic mass is 10.1. The number of amides is 1. The van der Waals surface area contributed by atoms with Gasteiger partial charge in [0.05, 0.1) is 4.90 Å². The number of halogens is 1. The Morgan fingerprint density at radius 2 is 1.67 bits per heavy atom. The van der Waals surface area contributed by atoms with Gasteiger partial charge in [-0.3, -0.25) is 4.79 Å². The van der Waals surface area contributed by atoms with Gasteiger partial charge in [-0.1, -0.05) is 45.8 Å². The van der Waals surface area contributed by atoms with E-state index >= 15 is 0 Å². The molecule has 1 amide bonds. The molecule has 3 rings (SSSR count). The molecule has 140 valence electrons. The lowest BCUT2D eigenvalue weighted by molar-refractivity contribution is 0.0921. The smallest absolute Gasteiger partial charge is 0.287 e. The van der Waals surface area contributed by atoms with E-state index in [0.717, 1.165) is 15.6 Å². The van der Waals surface area contributed by atoms with Crippen molar-refractivity contribution >= 4 is 31.7 Å². The van der Waals surface area contributed by atoms with Crippen molar-refractivity contribution in [1.29, 1.82) is 0 Å². The van der Waals surface area contributed by atoms with Gasteiger partial charge in [0.25, 0.3) is 5.91 Å². The van der Waals surface area contributed by atoms with Gasteiger partial charge < -0.3 is 9.73 Å². The van der Waals surface area contributed by atoms with Crippen LogP contribution in [0.5, 0.6) is 0 Å². The van der Waals surface area contributed by atoms with Crippen molar-refractivity contribution in [3.05, 3.63) is 87.8 Å². The number of hydrogen-bond acceptors (Lipinski definition) is 4. The number of rotatable bonds is 6. The third-order valence-corrected chi connectivity index (χ3v) is 6.15. The third-order valence-electron chi connectivity index (χ3n) is 3.96. The van der Waals surface area contributed by atoms with Crippen molar-refractivity contribution < 1.29 is 17.6 Å².